The zero-order valence-corrected chi connectivity index (χ0v) is 15.8. The van der Waals surface area contributed by atoms with Gasteiger partial charge in [0.1, 0.15) is 16.8 Å². The molecule has 0 amide bonds. The number of hydrogen-bond acceptors (Lipinski definition) is 5. The number of para-hydroxylation sites is 1. The lowest BCUT2D eigenvalue weighted by molar-refractivity contribution is 0.626. The maximum absolute atomic E-state index is 13.0. The molecule has 2 aromatic heterocycles. The molecule has 0 saturated carbocycles. The van der Waals surface area contributed by atoms with Crippen molar-refractivity contribution < 1.29 is 4.39 Å². The summed E-state index contributed by atoms with van der Waals surface area (Å²) in [5.74, 6) is -0.293. The van der Waals surface area contributed by atoms with Crippen molar-refractivity contribution >= 4 is 45.0 Å². The van der Waals surface area contributed by atoms with Gasteiger partial charge in [-0.1, -0.05) is 46.8 Å². The predicted octanol–water partition coefficient (Wildman–Crippen LogP) is 5.09. The van der Waals surface area contributed by atoms with Crippen LogP contribution in [0.5, 0.6) is 0 Å². The number of aromatic nitrogens is 3. The van der Waals surface area contributed by atoms with Crippen molar-refractivity contribution in [1.82, 2.24) is 14.5 Å². The smallest absolute Gasteiger partial charge is 0.267 e. The van der Waals surface area contributed by atoms with Crippen molar-refractivity contribution in [2.45, 2.75) is 16.2 Å². The lowest BCUT2D eigenvalue weighted by atomic mass is 10.2. The van der Waals surface area contributed by atoms with Gasteiger partial charge >= 0.3 is 0 Å². The van der Waals surface area contributed by atoms with Crippen LogP contribution in [0.1, 0.15) is 5.56 Å². The number of thiazole rings is 1. The third-order valence-corrected chi connectivity index (χ3v) is 6.15. The van der Waals surface area contributed by atoms with Gasteiger partial charge in [-0.3, -0.25) is 9.36 Å². The minimum atomic E-state index is -0.293. The van der Waals surface area contributed by atoms with E-state index in [0.29, 0.717) is 25.4 Å². The summed E-state index contributed by atoms with van der Waals surface area (Å²) in [5.41, 5.74) is 1.68. The van der Waals surface area contributed by atoms with E-state index in [9.17, 15) is 9.18 Å². The molecule has 0 unspecified atom stereocenters. The third kappa shape index (κ3) is 3.13. The van der Waals surface area contributed by atoms with E-state index in [-0.39, 0.29) is 11.4 Å². The standard InChI is InChI=1S/C18H11ClFN3OS2/c1-10-3-2-4-13(19)14(10)23-9-21-16-15(17(23)24)26-18(22-16)25-12-7-5-11(20)6-8-12/h2-9H,1H3. The van der Waals surface area contributed by atoms with Gasteiger partial charge in [-0.05, 0) is 42.8 Å². The normalized spacial score (nSPS) is 11.2. The fourth-order valence-electron chi connectivity index (χ4n) is 2.53. The molecule has 0 fully saturated rings. The first-order valence-corrected chi connectivity index (χ1v) is 9.61. The number of rotatable bonds is 3. The van der Waals surface area contributed by atoms with Crippen LogP contribution in [-0.4, -0.2) is 14.5 Å². The van der Waals surface area contributed by atoms with Gasteiger partial charge in [-0.15, -0.1) is 0 Å². The first-order valence-electron chi connectivity index (χ1n) is 7.60. The molecule has 0 radical (unpaired) electrons. The summed E-state index contributed by atoms with van der Waals surface area (Å²) in [7, 11) is 0. The van der Waals surface area contributed by atoms with Gasteiger partial charge in [0.05, 0.1) is 10.7 Å². The Hall–Kier alpha value is -2.22. The summed E-state index contributed by atoms with van der Waals surface area (Å²) < 4.78 is 15.6. The van der Waals surface area contributed by atoms with E-state index < -0.39 is 0 Å². The summed E-state index contributed by atoms with van der Waals surface area (Å²) in [4.78, 5) is 22.5. The van der Waals surface area contributed by atoms with Gasteiger partial charge < -0.3 is 0 Å². The predicted molar refractivity (Wildman–Crippen MR) is 103 cm³/mol. The van der Waals surface area contributed by atoms with Gasteiger partial charge in [0.2, 0.25) is 0 Å². The van der Waals surface area contributed by atoms with Crippen LogP contribution in [0.15, 0.2) is 62.8 Å². The van der Waals surface area contributed by atoms with Gasteiger partial charge in [0.25, 0.3) is 5.56 Å². The molecule has 4 rings (SSSR count). The van der Waals surface area contributed by atoms with Crippen molar-refractivity contribution in [3.63, 3.8) is 0 Å². The van der Waals surface area contributed by atoms with Crippen LogP contribution in [0.3, 0.4) is 0 Å². The Morgan fingerprint density at radius 2 is 1.96 bits per heavy atom. The van der Waals surface area contributed by atoms with Crippen molar-refractivity contribution in [2.24, 2.45) is 0 Å². The average molecular weight is 404 g/mol. The molecule has 2 heterocycles. The molecule has 26 heavy (non-hydrogen) atoms. The molecule has 0 N–H and O–H groups in total. The Balaban J connectivity index is 1.79. The van der Waals surface area contributed by atoms with Crippen LogP contribution < -0.4 is 5.56 Å². The number of halogens is 2. The highest BCUT2D eigenvalue weighted by molar-refractivity contribution is 8.01. The molecule has 0 atom stereocenters. The second-order valence-corrected chi connectivity index (χ2v) is 8.24. The summed E-state index contributed by atoms with van der Waals surface area (Å²) >= 11 is 8.91. The molecule has 0 aliphatic rings. The first kappa shape index (κ1) is 17.2. The van der Waals surface area contributed by atoms with Gasteiger partial charge in [0, 0.05) is 4.90 Å². The first-order chi connectivity index (χ1) is 12.5. The SMILES string of the molecule is Cc1cccc(Cl)c1-n1cnc2nc(Sc3ccc(F)cc3)sc2c1=O. The van der Waals surface area contributed by atoms with Crippen molar-refractivity contribution in [3.05, 3.63) is 75.5 Å². The monoisotopic (exact) mass is 403 g/mol. The molecule has 0 bridgehead atoms. The van der Waals surface area contributed by atoms with Crippen LogP contribution in [0, 0.1) is 12.7 Å². The van der Waals surface area contributed by atoms with E-state index in [0.717, 1.165) is 10.5 Å². The Labute approximate surface area is 161 Å². The van der Waals surface area contributed by atoms with E-state index in [4.69, 9.17) is 11.6 Å². The zero-order chi connectivity index (χ0) is 18.3. The molecule has 8 heteroatoms. The lowest BCUT2D eigenvalue weighted by Crippen LogP contribution is -2.19. The Morgan fingerprint density at radius 3 is 2.69 bits per heavy atom. The maximum Gasteiger partial charge on any atom is 0.277 e. The second-order valence-electron chi connectivity index (χ2n) is 5.51. The average Bonchev–Trinajstić information content (AvgIpc) is 3.02. The molecule has 0 saturated heterocycles. The van der Waals surface area contributed by atoms with Crippen LogP contribution >= 0.6 is 34.7 Å². The topological polar surface area (TPSA) is 47.8 Å². The van der Waals surface area contributed by atoms with E-state index in [2.05, 4.69) is 9.97 Å². The molecule has 4 aromatic rings. The molecule has 0 aliphatic heterocycles. The Kier molecular flexibility index (Phi) is 4.52. The number of benzene rings is 2. The fraction of sp³-hybridized carbons (Fsp3) is 0.0556. The molecule has 0 aliphatic carbocycles. The zero-order valence-electron chi connectivity index (χ0n) is 13.4. The lowest BCUT2D eigenvalue weighted by Gasteiger charge is -2.10. The third-order valence-electron chi connectivity index (χ3n) is 3.75. The summed E-state index contributed by atoms with van der Waals surface area (Å²) in [6.45, 7) is 1.89. The molecule has 4 nitrogen and oxygen atoms in total. The Bertz CT molecular complexity index is 1150. The molecule has 130 valence electrons. The maximum atomic E-state index is 13.0. The van der Waals surface area contributed by atoms with E-state index >= 15 is 0 Å². The summed E-state index contributed by atoms with van der Waals surface area (Å²) in [5, 5.41) is 0.485. The number of hydrogen-bond donors (Lipinski definition) is 0. The highest BCUT2D eigenvalue weighted by atomic mass is 35.5. The quantitative estimate of drug-likeness (QED) is 0.477. The van der Waals surface area contributed by atoms with Crippen molar-refractivity contribution in [2.75, 3.05) is 0 Å². The molecular weight excluding hydrogens is 393 g/mol. The number of nitrogens with zero attached hydrogens (tertiary/aromatic N) is 3. The fourth-order valence-corrected chi connectivity index (χ4v) is 4.83. The summed E-state index contributed by atoms with van der Waals surface area (Å²) in [6, 6.07) is 11.6. The number of fused-ring (bicyclic) bond motifs is 1. The van der Waals surface area contributed by atoms with E-state index in [1.807, 2.05) is 19.1 Å². The van der Waals surface area contributed by atoms with Crippen LogP contribution in [-0.2, 0) is 0 Å². The van der Waals surface area contributed by atoms with Crippen LogP contribution in [0.2, 0.25) is 5.02 Å². The van der Waals surface area contributed by atoms with Crippen LogP contribution in [0.25, 0.3) is 16.0 Å². The second kappa shape index (κ2) is 6.83. The summed E-state index contributed by atoms with van der Waals surface area (Å²) in [6.07, 6.45) is 1.45. The van der Waals surface area contributed by atoms with Crippen molar-refractivity contribution in [1.29, 1.82) is 0 Å². The van der Waals surface area contributed by atoms with Gasteiger partial charge in [-0.25, -0.2) is 14.4 Å². The van der Waals surface area contributed by atoms with Gasteiger partial charge in [-0.2, -0.15) is 0 Å². The van der Waals surface area contributed by atoms with Crippen LogP contribution in [0.4, 0.5) is 4.39 Å². The minimum Gasteiger partial charge on any atom is -0.267 e. The van der Waals surface area contributed by atoms with E-state index in [1.165, 1.54) is 46.1 Å². The minimum absolute atomic E-state index is 0.213. The number of aryl methyl sites for hydroxylation is 1. The molecule has 2 aromatic carbocycles. The molecular formula is C18H11ClFN3OS2. The van der Waals surface area contributed by atoms with Gasteiger partial charge in [0.15, 0.2) is 9.99 Å². The highest BCUT2D eigenvalue weighted by Gasteiger charge is 2.15. The molecule has 0 spiro atoms. The van der Waals surface area contributed by atoms with E-state index in [1.54, 1.807) is 18.2 Å². The Morgan fingerprint density at radius 1 is 1.19 bits per heavy atom. The highest BCUT2D eigenvalue weighted by Crippen LogP contribution is 2.33. The largest absolute Gasteiger partial charge is 0.277 e. The van der Waals surface area contributed by atoms with Crippen molar-refractivity contribution in [3.8, 4) is 5.69 Å².